The van der Waals surface area contributed by atoms with Gasteiger partial charge in [0, 0.05) is 12.3 Å². The van der Waals surface area contributed by atoms with Crippen molar-refractivity contribution in [2.45, 2.75) is 53.4 Å². The number of nitrogens with one attached hydrogen (secondary N) is 1. The second-order valence-electron chi connectivity index (χ2n) is 5.28. The van der Waals surface area contributed by atoms with E-state index >= 15 is 0 Å². The first-order valence-electron chi connectivity index (χ1n) is 6.30. The molecular weight excluding hydrogens is 202 g/mol. The van der Waals surface area contributed by atoms with Gasteiger partial charge in [-0.15, -0.1) is 0 Å². The van der Waals surface area contributed by atoms with Crippen LogP contribution in [-0.2, 0) is 9.59 Å². The van der Waals surface area contributed by atoms with Gasteiger partial charge in [-0.25, -0.2) is 0 Å². The topological polar surface area (TPSA) is 46.2 Å². The summed E-state index contributed by atoms with van der Waals surface area (Å²) in [5.41, 5.74) is -0.109. The first-order chi connectivity index (χ1) is 7.46. The van der Waals surface area contributed by atoms with Crippen LogP contribution in [0.4, 0.5) is 0 Å². The van der Waals surface area contributed by atoms with E-state index in [0.29, 0.717) is 12.3 Å². The number of hydrogen-bond donors (Lipinski definition) is 1. The molecule has 0 aromatic heterocycles. The SMILES string of the molecule is CCCC1(CC)CC(=O)NC(=O)C1C(C)C. The molecule has 1 saturated heterocycles. The third-order valence-electron chi connectivity index (χ3n) is 3.84. The van der Waals surface area contributed by atoms with Crippen LogP contribution in [0, 0.1) is 17.3 Å². The molecule has 0 aromatic carbocycles. The fourth-order valence-corrected chi connectivity index (χ4v) is 3.24. The summed E-state index contributed by atoms with van der Waals surface area (Å²) >= 11 is 0. The van der Waals surface area contributed by atoms with Crippen molar-refractivity contribution in [3.8, 4) is 0 Å². The Morgan fingerprint density at radius 3 is 2.44 bits per heavy atom. The molecule has 2 amide bonds. The highest BCUT2D eigenvalue weighted by Gasteiger charge is 2.47. The number of carbonyl (C=O) groups is 2. The predicted molar refractivity (Wildman–Crippen MR) is 63.7 cm³/mol. The van der Waals surface area contributed by atoms with Gasteiger partial charge < -0.3 is 0 Å². The van der Waals surface area contributed by atoms with Crippen molar-refractivity contribution in [3.63, 3.8) is 0 Å². The summed E-state index contributed by atoms with van der Waals surface area (Å²) in [6.07, 6.45) is 3.40. The molecule has 0 bridgehead atoms. The van der Waals surface area contributed by atoms with Gasteiger partial charge in [0.1, 0.15) is 0 Å². The fraction of sp³-hybridized carbons (Fsp3) is 0.846. The van der Waals surface area contributed by atoms with Crippen molar-refractivity contribution in [2.24, 2.45) is 17.3 Å². The average molecular weight is 225 g/mol. The zero-order valence-electron chi connectivity index (χ0n) is 10.8. The normalized spacial score (nSPS) is 30.7. The zero-order chi connectivity index (χ0) is 12.3. The number of imide groups is 1. The van der Waals surface area contributed by atoms with Gasteiger partial charge in [-0.2, -0.15) is 0 Å². The Hall–Kier alpha value is -0.860. The zero-order valence-corrected chi connectivity index (χ0v) is 10.8. The van der Waals surface area contributed by atoms with Crippen molar-refractivity contribution in [3.05, 3.63) is 0 Å². The molecule has 1 aliphatic heterocycles. The number of carbonyl (C=O) groups excluding carboxylic acids is 2. The largest absolute Gasteiger partial charge is 0.296 e. The van der Waals surface area contributed by atoms with E-state index in [0.717, 1.165) is 19.3 Å². The van der Waals surface area contributed by atoms with E-state index in [4.69, 9.17) is 0 Å². The highest BCUT2D eigenvalue weighted by molar-refractivity contribution is 5.99. The lowest BCUT2D eigenvalue weighted by molar-refractivity contribution is -0.146. The monoisotopic (exact) mass is 225 g/mol. The quantitative estimate of drug-likeness (QED) is 0.747. The standard InChI is InChI=1S/C13H23NO2/c1-5-7-13(6-2)8-10(15)14-12(16)11(13)9(3)4/h9,11H,5-8H2,1-4H3,(H,14,15,16). The highest BCUT2D eigenvalue weighted by atomic mass is 16.2. The molecule has 1 fully saturated rings. The molecule has 0 radical (unpaired) electrons. The van der Waals surface area contributed by atoms with Crippen molar-refractivity contribution in [1.29, 1.82) is 0 Å². The molecule has 92 valence electrons. The maximum Gasteiger partial charge on any atom is 0.230 e. The van der Waals surface area contributed by atoms with Crippen LogP contribution in [0.1, 0.15) is 53.4 Å². The first-order valence-corrected chi connectivity index (χ1v) is 6.30. The Labute approximate surface area is 98.0 Å². The molecule has 1 N–H and O–H groups in total. The predicted octanol–water partition coefficient (Wildman–Crippen LogP) is 2.50. The third kappa shape index (κ3) is 2.28. The summed E-state index contributed by atoms with van der Waals surface area (Å²) in [7, 11) is 0. The van der Waals surface area contributed by atoms with Crippen LogP contribution in [0.2, 0.25) is 0 Å². The number of amides is 2. The summed E-state index contributed by atoms with van der Waals surface area (Å²) in [5.74, 6) is 0.105. The van der Waals surface area contributed by atoms with Gasteiger partial charge in [0.25, 0.3) is 0 Å². The lowest BCUT2D eigenvalue weighted by atomic mass is 9.62. The minimum absolute atomic E-state index is 0.0184. The Morgan fingerprint density at radius 1 is 1.38 bits per heavy atom. The molecule has 2 unspecified atom stereocenters. The number of piperidine rings is 1. The van der Waals surface area contributed by atoms with E-state index in [2.05, 4.69) is 33.0 Å². The van der Waals surface area contributed by atoms with Crippen molar-refractivity contribution in [1.82, 2.24) is 5.32 Å². The van der Waals surface area contributed by atoms with Crippen LogP contribution >= 0.6 is 0 Å². The van der Waals surface area contributed by atoms with Gasteiger partial charge in [-0.1, -0.05) is 34.1 Å². The van der Waals surface area contributed by atoms with E-state index in [1.807, 2.05) is 0 Å². The van der Waals surface area contributed by atoms with Gasteiger partial charge in [0.05, 0.1) is 0 Å². The summed E-state index contributed by atoms with van der Waals surface area (Å²) < 4.78 is 0. The van der Waals surface area contributed by atoms with Gasteiger partial charge in [0.2, 0.25) is 11.8 Å². The van der Waals surface area contributed by atoms with Crippen molar-refractivity contribution in [2.75, 3.05) is 0 Å². The van der Waals surface area contributed by atoms with Crippen molar-refractivity contribution >= 4 is 11.8 Å². The average Bonchev–Trinajstić information content (AvgIpc) is 2.16. The van der Waals surface area contributed by atoms with E-state index in [1.54, 1.807) is 0 Å². The number of rotatable bonds is 4. The molecule has 1 rings (SSSR count). The smallest absolute Gasteiger partial charge is 0.230 e. The molecular formula is C13H23NO2. The Kier molecular flexibility index (Phi) is 4.11. The molecule has 0 saturated carbocycles. The van der Waals surface area contributed by atoms with Crippen molar-refractivity contribution < 1.29 is 9.59 Å². The Bertz CT molecular complexity index is 286. The van der Waals surface area contributed by atoms with Crippen LogP contribution < -0.4 is 5.32 Å². The second kappa shape index (κ2) is 4.98. The lowest BCUT2D eigenvalue weighted by Crippen LogP contribution is -2.53. The van der Waals surface area contributed by atoms with Gasteiger partial charge in [0.15, 0.2) is 0 Å². The van der Waals surface area contributed by atoms with Crippen LogP contribution in [0.3, 0.4) is 0 Å². The molecule has 1 heterocycles. The Balaban J connectivity index is 3.06. The fourth-order valence-electron chi connectivity index (χ4n) is 3.24. The molecule has 0 aliphatic carbocycles. The van der Waals surface area contributed by atoms with E-state index in [9.17, 15) is 9.59 Å². The van der Waals surface area contributed by atoms with Crippen LogP contribution in [0.15, 0.2) is 0 Å². The minimum atomic E-state index is -0.109. The molecule has 3 heteroatoms. The maximum absolute atomic E-state index is 12.0. The van der Waals surface area contributed by atoms with E-state index in [-0.39, 0.29) is 23.1 Å². The third-order valence-corrected chi connectivity index (χ3v) is 3.84. The summed E-state index contributed by atoms with van der Waals surface area (Å²) in [6, 6.07) is 0. The van der Waals surface area contributed by atoms with Crippen LogP contribution in [0.5, 0.6) is 0 Å². The van der Waals surface area contributed by atoms with Gasteiger partial charge in [-0.05, 0) is 24.2 Å². The minimum Gasteiger partial charge on any atom is -0.296 e. The molecule has 3 nitrogen and oxygen atoms in total. The van der Waals surface area contributed by atoms with E-state index < -0.39 is 0 Å². The van der Waals surface area contributed by atoms with Gasteiger partial charge in [-0.3, -0.25) is 14.9 Å². The molecule has 0 aromatic rings. The first kappa shape index (κ1) is 13.2. The second-order valence-corrected chi connectivity index (χ2v) is 5.28. The highest BCUT2D eigenvalue weighted by Crippen LogP contribution is 2.45. The molecule has 1 aliphatic rings. The maximum atomic E-state index is 12.0. The lowest BCUT2D eigenvalue weighted by Gasteiger charge is -2.44. The summed E-state index contributed by atoms with van der Waals surface area (Å²) in [5, 5.41) is 2.48. The summed E-state index contributed by atoms with van der Waals surface area (Å²) in [6.45, 7) is 8.35. The number of hydrogen-bond acceptors (Lipinski definition) is 2. The molecule has 16 heavy (non-hydrogen) atoms. The summed E-state index contributed by atoms with van der Waals surface area (Å²) in [4.78, 5) is 23.5. The molecule has 2 atom stereocenters. The molecule has 0 spiro atoms. The van der Waals surface area contributed by atoms with Crippen LogP contribution in [0.25, 0.3) is 0 Å². The van der Waals surface area contributed by atoms with E-state index in [1.165, 1.54) is 0 Å². The Morgan fingerprint density at radius 2 is 2.00 bits per heavy atom. The van der Waals surface area contributed by atoms with Crippen LogP contribution in [-0.4, -0.2) is 11.8 Å². The van der Waals surface area contributed by atoms with Gasteiger partial charge >= 0.3 is 0 Å².